The molecule has 5 nitrogen and oxygen atoms in total. The van der Waals surface area contributed by atoms with E-state index in [1.807, 2.05) is 25.7 Å². The maximum Gasteiger partial charge on any atom is 0.253 e. The van der Waals surface area contributed by atoms with Crippen LogP contribution in [0.15, 0.2) is 24.3 Å². The van der Waals surface area contributed by atoms with E-state index in [1.165, 1.54) is 12.1 Å². The van der Waals surface area contributed by atoms with Crippen molar-refractivity contribution in [1.82, 2.24) is 4.90 Å². The number of likely N-dealkylation sites (tertiary alicyclic amines) is 1. The van der Waals surface area contributed by atoms with Crippen LogP contribution in [0.3, 0.4) is 0 Å². The monoisotopic (exact) mass is 348 g/mol. The highest BCUT2D eigenvalue weighted by Crippen LogP contribution is 2.34. The second-order valence-corrected chi connectivity index (χ2v) is 7.97. The van der Waals surface area contributed by atoms with Crippen molar-refractivity contribution in [2.75, 3.05) is 31.1 Å². The Balaban J connectivity index is 1.70. The number of carbonyl (C=O) groups excluding carboxylic acids is 2. The highest BCUT2D eigenvalue weighted by molar-refractivity contribution is 5.95. The van der Waals surface area contributed by atoms with E-state index in [0.717, 1.165) is 0 Å². The lowest BCUT2D eigenvalue weighted by molar-refractivity contribution is -0.154. The molecule has 2 amide bonds. The Kier molecular flexibility index (Phi) is 4.58. The van der Waals surface area contributed by atoms with Gasteiger partial charge in [-0.3, -0.25) is 9.59 Å². The van der Waals surface area contributed by atoms with Crippen molar-refractivity contribution in [2.24, 2.45) is 5.41 Å². The van der Waals surface area contributed by atoms with Gasteiger partial charge in [-0.2, -0.15) is 0 Å². The smallest absolute Gasteiger partial charge is 0.253 e. The highest BCUT2D eigenvalue weighted by atomic mass is 19.1. The third kappa shape index (κ3) is 3.68. The molecule has 2 heterocycles. The normalized spacial score (nSPS) is 20.9. The molecule has 0 radical (unpaired) electrons. The minimum Gasteiger partial charge on any atom is -0.363 e. The van der Waals surface area contributed by atoms with E-state index in [4.69, 9.17) is 4.74 Å². The first-order valence-corrected chi connectivity index (χ1v) is 8.70. The average Bonchev–Trinajstić information content (AvgIpc) is 2.57. The van der Waals surface area contributed by atoms with Crippen molar-refractivity contribution in [3.63, 3.8) is 0 Å². The maximum atomic E-state index is 13.1. The van der Waals surface area contributed by atoms with Gasteiger partial charge in [0.05, 0.1) is 12.1 Å². The molecule has 1 spiro atoms. The van der Waals surface area contributed by atoms with Crippen LogP contribution in [0.2, 0.25) is 0 Å². The third-order valence-electron chi connectivity index (χ3n) is 4.99. The Hall–Kier alpha value is -1.95. The number of hydrogen-bond donors (Lipinski definition) is 0. The van der Waals surface area contributed by atoms with E-state index in [0.29, 0.717) is 38.2 Å². The number of amides is 2. The number of anilines is 1. The van der Waals surface area contributed by atoms with Gasteiger partial charge in [0.25, 0.3) is 5.91 Å². The van der Waals surface area contributed by atoms with Crippen LogP contribution in [0.1, 0.15) is 33.6 Å². The molecule has 0 unspecified atom stereocenters. The number of rotatable bonds is 1. The van der Waals surface area contributed by atoms with Crippen LogP contribution >= 0.6 is 0 Å². The lowest BCUT2D eigenvalue weighted by Gasteiger charge is -2.47. The molecule has 0 atom stereocenters. The lowest BCUT2D eigenvalue weighted by atomic mass is 9.87. The van der Waals surface area contributed by atoms with Gasteiger partial charge < -0.3 is 14.5 Å². The quantitative estimate of drug-likeness (QED) is 0.784. The molecule has 0 N–H and O–H groups in total. The van der Waals surface area contributed by atoms with Crippen LogP contribution in [-0.4, -0.2) is 48.6 Å². The predicted molar refractivity (Wildman–Crippen MR) is 92.7 cm³/mol. The number of halogens is 1. The molecular formula is C19H25FN2O3. The fourth-order valence-electron chi connectivity index (χ4n) is 3.47. The Bertz CT molecular complexity index is 658. The Labute approximate surface area is 147 Å². The first-order chi connectivity index (χ1) is 11.7. The zero-order chi connectivity index (χ0) is 18.2. The van der Waals surface area contributed by atoms with Gasteiger partial charge >= 0.3 is 0 Å². The third-order valence-corrected chi connectivity index (χ3v) is 4.99. The Morgan fingerprint density at radius 3 is 2.32 bits per heavy atom. The van der Waals surface area contributed by atoms with Gasteiger partial charge in [0, 0.05) is 24.2 Å². The summed E-state index contributed by atoms with van der Waals surface area (Å²) < 4.78 is 19.1. The summed E-state index contributed by atoms with van der Waals surface area (Å²) in [6.45, 7) is 7.48. The zero-order valence-corrected chi connectivity index (χ0v) is 15.0. The lowest BCUT2D eigenvalue weighted by Crippen LogP contribution is -2.60. The number of morpholine rings is 1. The van der Waals surface area contributed by atoms with Gasteiger partial charge in [-0.15, -0.1) is 0 Å². The van der Waals surface area contributed by atoms with Crippen LogP contribution in [0.4, 0.5) is 10.1 Å². The van der Waals surface area contributed by atoms with E-state index in [-0.39, 0.29) is 24.2 Å². The highest BCUT2D eigenvalue weighted by Gasteiger charge is 2.44. The van der Waals surface area contributed by atoms with E-state index >= 15 is 0 Å². The largest absolute Gasteiger partial charge is 0.363 e. The molecule has 136 valence electrons. The van der Waals surface area contributed by atoms with Gasteiger partial charge in [0.2, 0.25) is 5.91 Å². The maximum absolute atomic E-state index is 13.1. The average molecular weight is 348 g/mol. The van der Waals surface area contributed by atoms with Gasteiger partial charge in [-0.1, -0.05) is 20.8 Å². The number of carbonyl (C=O) groups is 2. The molecule has 25 heavy (non-hydrogen) atoms. The van der Waals surface area contributed by atoms with Gasteiger partial charge in [0.1, 0.15) is 12.4 Å². The van der Waals surface area contributed by atoms with Crippen molar-refractivity contribution in [2.45, 2.75) is 39.2 Å². The van der Waals surface area contributed by atoms with E-state index in [1.54, 1.807) is 17.0 Å². The topological polar surface area (TPSA) is 49.9 Å². The van der Waals surface area contributed by atoms with Gasteiger partial charge in [-0.25, -0.2) is 4.39 Å². The molecule has 1 aromatic rings. The molecule has 2 fully saturated rings. The second kappa shape index (κ2) is 6.41. The molecule has 6 heteroatoms. The summed E-state index contributed by atoms with van der Waals surface area (Å²) in [7, 11) is 0. The minimum atomic E-state index is -0.434. The number of hydrogen-bond acceptors (Lipinski definition) is 3. The molecule has 1 aromatic carbocycles. The van der Waals surface area contributed by atoms with Crippen LogP contribution < -0.4 is 4.90 Å². The van der Waals surface area contributed by atoms with Crippen LogP contribution in [-0.2, 0) is 14.3 Å². The van der Waals surface area contributed by atoms with E-state index in [9.17, 15) is 14.0 Å². The molecule has 0 aromatic heterocycles. The SMILES string of the molecule is CC(C)(C)C(=O)N1CCC2(CC1)CN(c1ccc(F)cc1)C(=O)CO2. The van der Waals surface area contributed by atoms with Crippen LogP contribution in [0.5, 0.6) is 0 Å². The molecule has 0 bridgehead atoms. The minimum absolute atomic E-state index is 0.0184. The summed E-state index contributed by atoms with van der Waals surface area (Å²) in [6, 6.07) is 5.94. The van der Waals surface area contributed by atoms with Gasteiger partial charge in [0.15, 0.2) is 0 Å². The fourth-order valence-corrected chi connectivity index (χ4v) is 3.47. The Morgan fingerprint density at radius 2 is 1.76 bits per heavy atom. The van der Waals surface area contributed by atoms with E-state index < -0.39 is 11.0 Å². The van der Waals surface area contributed by atoms with Crippen molar-refractivity contribution in [3.8, 4) is 0 Å². The second-order valence-electron chi connectivity index (χ2n) is 7.97. The van der Waals surface area contributed by atoms with Crippen molar-refractivity contribution in [1.29, 1.82) is 0 Å². The predicted octanol–water partition coefficient (Wildman–Crippen LogP) is 2.60. The van der Waals surface area contributed by atoms with Crippen molar-refractivity contribution in [3.05, 3.63) is 30.1 Å². The summed E-state index contributed by atoms with van der Waals surface area (Å²) in [6.07, 6.45) is 1.39. The first-order valence-electron chi connectivity index (χ1n) is 8.70. The van der Waals surface area contributed by atoms with Crippen LogP contribution in [0, 0.1) is 11.2 Å². The molecule has 0 saturated carbocycles. The molecular weight excluding hydrogens is 323 g/mol. The molecule has 2 aliphatic heterocycles. The first kappa shape index (κ1) is 17.9. The van der Waals surface area contributed by atoms with Crippen molar-refractivity contribution >= 4 is 17.5 Å². The molecule has 2 aliphatic rings. The summed E-state index contributed by atoms with van der Waals surface area (Å²) in [5.41, 5.74) is -0.146. The summed E-state index contributed by atoms with van der Waals surface area (Å²) in [5.74, 6) is -0.303. The van der Waals surface area contributed by atoms with Crippen molar-refractivity contribution < 1.29 is 18.7 Å². The van der Waals surface area contributed by atoms with E-state index in [2.05, 4.69) is 0 Å². The number of ether oxygens (including phenoxy) is 1. The van der Waals surface area contributed by atoms with Gasteiger partial charge in [-0.05, 0) is 37.1 Å². The summed E-state index contributed by atoms with van der Waals surface area (Å²) >= 11 is 0. The molecule has 2 saturated heterocycles. The number of benzene rings is 1. The molecule has 3 rings (SSSR count). The number of piperidine rings is 1. The summed E-state index contributed by atoms with van der Waals surface area (Å²) in [4.78, 5) is 28.3. The summed E-state index contributed by atoms with van der Waals surface area (Å²) in [5, 5.41) is 0. The van der Waals surface area contributed by atoms with Crippen LogP contribution in [0.25, 0.3) is 0 Å². The standard InChI is InChI=1S/C19H25FN2O3/c1-18(2,3)17(24)21-10-8-19(9-11-21)13-22(16(23)12-25-19)15-6-4-14(20)5-7-15/h4-7H,8-13H2,1-3H3. The Morgan fingerprint density at radius 1 is 1.16 bits per heavy atom. The zero-order valence-electron chi connectivity index (χ0n) is 15.0. The molecule has 0 aliphatic carbocycles. The fraction of sp³-hybridized carbons (Fsp3) is 0.579. The number of nitrogens with zero attached hydrogens (tertiary/aromatic N) is 2.